The topological polar surface area (TPSA) is 141 Å². The maximum absolute atomic E-state index is 13.0. The van der Waals surface area contributed by atoms with Gasteiger partial charge >= 0.3 is 6.18 Å². The van der Waals surface area contributed by atoms with Crippen molar-refractivity contribution in [3.8, 4) is 0 Å². The average Bonchev–Trinajstić information content (AvgIpc) is 2.80. The zero-order valence-corrected chi connectivity index (χ0v) is 18.9. The van der Waals surface area contributed by atoms with Gasteiger partial charge in [-0.3, -0.25) is 14.5 Å². The second kappa shape index (κ2) is 9.32. The molecule has 0 bridgehead atoms. The number of hydrogen-bond donors (Lipinski definition) is 3. The molecule has 172 valence electrons. The van der Waals surface area contributed by atoms with Gasteiger partial charge in [0.15, 0.2) is 4.80 Å². The van der Waals surface area contributed by atoms with Crippen LogP contribution in [-0.4, -0.2) is 62.0 Å². The van der Waals surface area contributed by atoms with E-state index in [2.05, 4.69) is 0 Å². The van der Waals surface area contributed by atoms with E-state index in [9.17, 15) is 30.0 Å². The van der Waals surface area contributed by atoms with Crippen LogP contribution in [0.2, 0.25) is 0 Å². The van der Waals surface area contributed by atoms with Gasteiger partial charge in [-0.05, 0) is 38.2 Å². The first-order chi connectivity index (χ1) is 13.3. The highest BCUT2D eigenvalue weighted by Gasteiger charge is 2.34. The molecule has 0 amide bonds. The highest BCUT2D eigenvalue weighted by molar-refractivity contribution is 7.85. The van der Waals surface area contributed by atoms with Crippen LogP contribution in [0.3, 0.4) is 0 Å². The molecule has 1 aromatic heterocycles. The summed E-state index contributed by atoms with van der Waals surface area (Å²) in [5.41, 5.74) is 0.848. The molecule has 0 spiro atoms. The Morgan fingerprint density at radius 1 is 1.13 bits per heavy atom. The maximum Gasteiger partial charge on any atom is 0.416 e. The van der Waals surface area contributed by atoms with Gasteiger partial charge in [0.05, 0.1) is 28.3 Å². The van der Waals surface area contributed by atoms with Crippen molar-refractivity contribution in [2.45, 2.75) is 25.2 Å². The van der Waals surface area contributed by atoms with Crippen molar-refractivity contribution in [2.24, 2.45) is 0 Å². The summed E-state index contributed by atoms with van der Waals surface area (Å²) >= 11 is 1.11. The molecule has 0 radical (unpaired) electrons. The normalized spacial score (nSPS) is 16.5. The highest BCUT2D eigenvalue weighted by Crippen LogP contribution is 2.40. The van der Waals surface area contributed by atoms with Crippen molar-refractivity contribution in [1.82, 2.24) is 9.47 Å². The van der Waals surface area contributed by atoms with E-state index < -0.39 is 32.0 Å². The number of alkyl halides is 3. The van der Waals surface area contributed by atoms with Crippen LogP contribution in [0.4, 0.5) is 13.2 Å². The van der Waals surface area contributed by atoms with Crippen molar-refractivity contribution in [3.05, 3.63) is 28.1 Å². The summed E-state index contributed by atoms with van der Waals surface area (Å²) in [6, 6.07) is 2.37. The van der Waals surface area contributed by atoms with Crippen LogP contribution in [0.1, 0.15) is 23.6 Å². The van der Waals surface area contributed by atoms with Crippen molar-refractivity contribution in [1.29, 1.82) is 5.41 Å². The van der Waals surface area contributed by atoms with Crippen LogP contribution in [0.25, 0.3) is 10.2 Å². The summed E-state index contributed by atoms with van der Waals surface area (Å²) in [5, 5.41) is 7.92. The van der Waals surface area contributed by atoms with E-state index in [1.165, 1.54) is 6.07 Å². The molecule has 1 aromatic carbocycles. The van der Waals surface area contributed by atoms with Gasteiger partial charge in [0, 0.05) is 12.6 Å². The number of nitrogens with one attached hydrogen (secondary N) is 1. The smallest absolute Gasteiger partial charge is 0.317 e. The molecule has 1 aliphatic rings. The van der Waals surface area contributed by atoms with Crippen LogP contribution in [0.15, 0.2) is 12.1 Å². The molecule has 0 saturated heterocycles. The fraction of sp³-hybridized carbons (Fsp3) is 0.533. The third-order valence-electron chi connectivity index (χ3n) is 3.76. The maximum atomic E-state index is 13.0. The molecule has 0 fully saturated rings. The predicted octanol–water partition coefficient (Wildman–Crippen LogP) is 2.22. The molecule has 0 saturated carbocycles. The van der Waals surface area contributed by atoms with Gasteiger partial charge in [-0.2, -0.15) is 30.0 Å². The van der Waals surface area contributed by atoms with Crippen LogP contribution in [-0.2, 0) is 33.0 Å². The van der Waals surface area contributed by atoms with E-state index in [0.717, 1.165) is 29.3 Å². The van der Waals surface area contributed by atoms with Gasteiger partial charge in [-0.25, -0.2) is 0 Å². The zero-order chi connectivity index (χ0) is 23.7. The Morgan fingerprint density at radius 3 is 2.00 bits per heavy atom. The molecule has 30 heavy (non-hydrogen) atoms. The molecular weight excluding hydrogens is 471 g/mol. The van der Waals surface area contributed by atoms with Crippen LogP contribution >= 0.6 is 11.3 Å². The molecule has 2 heterocycles. The first-order valence-electron chi connectivity index (χ1n) is 8.09. The average molecular weight is 494 g/mol. The summed E-state index contributed by atoms with van der Waals surface area (Å²) < 4.78 is 93.2. The molecule has 15 heteroatoms. The summed E-state index contributed by atoms with van der Waals surface area (Å²) in [4.78, 5) is 2.26. The Labute approximate surface area is 175 Å². The Hall–Kier alpha value is -1.52. The molecule has 0 aliphatic carbocycles. The minimum absolute atomic E-state index is 0.0335. The van der Waals surface area contributed by atoms with Crippen LogP contribution in [0.5, 0.6) is 0 Å². The quantitative estimate of drug-likeness (QED) is 0.517. The lowest BCUT2D eigenvalue weighted by molar-refractivity contribution is -0.137. The van der Waals surface area contributed by atoms with Crippen molar-refractivity contribution in [2.75, 3.05) is 26.6 Å². The lowest BCUT2D eigenvalue weighted by Gasteiger charge is -2.30. The number of rotatable bonds is 1. The predicted molar refractivity (Wildman–Crippen MR) is 107 cm³/mol. The Kier molecular flexibility index (Phi) is 8.23. The Morgan fingerprint density at radius 2 is 1.60 bits per heavy atom. The van der Waals surface area contributed by atoms with E-state index >= 15 is 0 Å². The van der Waals surface area contributed by atoms with Crippen LogP contribution in [0, 0.1) is 5.41 Å². The summed E-state index contributed by atoms with van der Waals surface area (Å²) in [5.74, 6) is 0. The molecule has 3 N–H and O–H groups in total. The van der Waals surface area contributed by atoms with Crippen LogP contribution < -0.4 is 4.80 Å². The fourth-order valence-electron chi connectivity index (χ4n) is 2.83. The number of nitrogens with zero attached hydrogens (tertiary/aromatic N) is 2. The van der Waals surface area contributed by atoms with Gasteiger partial charge in [-0.15, -0.1) is 0 Å². The lowest BCUT2D eigenvalue weighted by atomic mass is 9.96. The van der Waals surface area contributed by atoms with E-state index in [1.54, 1.807) is 0 Å². The number of hydrogen-bond acceptors (Lipinski definition) is 7. The minimum atomic E-state index is -4.35. The van der Waals surface area contributed by atoms with Gasteiger partial charge in [0.1, 0.15) is 0 Å². The molecule has 9 nitrogen and oxygen atoms in total. The van der Waals surface area contributed by atoms with E-state index in [4.69, 9.17) is 14.5 Å². The number of halogens is 3. The fourth-order valence-corrected chi connectivity index (χ4v) is 3.84. The first-order valence-corrected chi connectivity index (χ1v) is 12.6. The van der Waals surface area contributed by atoms with Crippen molar-refractivity contribution >= 4 is 41.8 Å². The van der Waals surface area contributed by atoms with Gasteiger partial charge in [-0.1, -0.05) is 11.3 Å². The number of benzene rings is 1. The molecule has 0 unspecified atom stereocenters. The van der Waals surface area contributed by atoms with Gasteiger partial charge < -0.3 is 9.47 Å². The molecular formula is C15H22F3N3O6S3. The van der Waals surface area contributed by atoms with Gasteiger partial charge in [0.2, 0.25) is 0 Å². The van der Waals surface area contributed by atoms with Gasteiger partial charge in [0.25, 0.3) is 20.2 Å². The molecule has 1 atom stereocenters. The van der Waals surface area contributed by atoms with E-state index in [-0.39, 0.29) is 6.04 Å². The second-order valence-corrected chi connectivity index (χ2v) is 10.7. The monoisotopic (exact) mass is 493 g/mol. The number of aromatic nitrogens is 1. The van der Waals surface area contributed by atoms with E-state index in [0.29, 0.717) is 34.1 Å². The summed E-state index contributed by atoms with van der Waals surface area (Å²) in [6.45, 7) is 0.681. The minimum Gasteiger partial charge on any atom is -0.317 e. The van der Waals surface area contributed by atoms with E-state index in [1.807, 2.05) is 23.6 Å². The molecule has 2 aromatic rings. The third kappa shape index (κ3) is 8.31. The largest absolute Gasteiger partial charge is 0.416 e. The third-order valence-corrected chi connectivity index (χ3v) is 4.71. The van der Waals surface area contributed by atoms with Crippen molar-refractivity contribution in [3.63, 3.8) is 0 Å². The van der Waals surface area contributed by atoms with Crippen molar-refractivity contribution < 1.29 is 39.1 Å². The number of aryl methyl sites for hydroxylation is 1. The SMILES string of the molecule is CN(C)[C@@H]1CCn2c(=N)sc3cc(C(F)(F)F)cc1c32.CS(=O)(=O)O.CS(=O)(=O)O. The summed E-state index contributed by atoms with van der Waals surface area (Å²) in [7, 11) is -3.58. The zero-order valence-electron chi connectivity index (χ0n) is 16.4. The Balaban J connectivity index is 0.000000378. The highest BCUT2D eigenvalue weighted by atomic mass is 32.2. The second-order valence-electron chi connectivity index (χ2n) is 6.70. The molecule has 3 rings (SSSR count). The summed E-state index contributed by atoms with van der Waals surface area (Å²) in [6.07, 6.45) is -2.19. The number of thiazole rings is 1. The first kappa shape index (κ1) is 26.5. The lowest BCUT2D eigenvalue weighted by Crippen LogP contribution is -2.28. The standard InChI is InChI=1S/C13H14F3N3S.2CH4O3S/c1-18(2)9-3-4-19-11-8(9)5-7(13(14,15)16)6-10(11)20-12(19)17;2*1-5(2,3)4/h5-6,9,17H,3-4H2,1-2H3;2*1H3,(H,2,3,4)/t9-;;/m1../s1. The Bertz CT molecular complexity index is 1120. The molecule has 1 aliphatic heterocycles.